The SMILES string of the molecule is COC[C@@H](C)CS(=O)(=O)c1ccc(OC)c(C(=O)Nc2ccc(F)cc2)c1. The van der Waals surface area contributed by atoms with Gasteiger partial charge in [0.25, 0.3) is 5.91 Å². The Morgan fingerprint density at radius 2 is 1.81 bits per heavy atom. The number of hydrogen-bond acceptors (Lipinski definition) is 5. The Kier molecular flexibility index (Phi) is 6.92. The molecule has 1 atom stereocenters. The molecular weight excluding hydrogens is 373 g/mol. The molecule has 0 fully saturated rings. The second-order valence-corrected chi connectivity index (χ2v) is 8.20. The number of halogens is 1. The zero-order valence-electron chi connectivity index (χ0n) is 15.4. The predicted octanol–water partition coefficient (Wildman–Crippen LogP) is 3.14. The highest BCUT2D eigenvalue weighted by molar-refractivity contribution is 7.91. The van der Waals surface area contributed by atoms with Gasteiger partial charge in [0, 0.05) is 19.4 Å². The first-order valence-corrected chi connectivity index (χ1v) is 9.88. The number of benzene rings is 2. The summed E-state index contributed by atoms with van der Waals surface area (Å²) in [5.41, 5.74) is 0.452. The Labute approximate surface area is 158 Å². The lowest BCUT2D eigenvalue weighted by Crippen LogP contribution is -2.19. The van der Waals surface area contributed by atoms with Crippen molar-refractivity contribution >= 4 is 21.4 Å². The lowest BCUT2D eigenvalue weighted by Gasteiger charge is -2.14. The van der Waals surface area contributed by atoms with Crippen molar-refractivity contribution in [3.8, 4) is 5.75 Å². The average Bonchev–Trinajstić information content (AvgIpc) is 2.62. The Morgan fingerprint density at radius 1 is 1.15 bits per heavy atom. The lowest BCUT2D eigenvalue weighted by atomic mass is 10.2. The van der Waals surface area contributed by atoms with E-state index in [0.717, 1.165) is 0 Å². The van der Waals surface area contributed by atoms with E-state index < -0.39 is 21.6 Å². The molecule has 1 N–H and O–H groups in total. The standard InChI is InChI=1S/C19H22FNO5S/c1-13(11-25-2)12-27(23,24)16-8-9-18(26-3)17(10-16)19(22)21-15-6-4-14(20)5-7-15/h4-10,13H,11-12H2,1-3H3,(H,21,22)/t13-/m1/s1. The van der Waals surface area contributed by atoms with E-state index in [9.17, 15) is 17.6 Å². The molecule has 0 spiro atoms. The Hall–Kier alpha value is -2.45. The molecule has 1 amide bonds. The number of carbonyl (C=O) groups is 1. The second kappa shape index (κ2) is 8.96. The van der Waals surface area contributed by atoms with Crippen LogP contribution in [0.3, 0.4) is 0 Å². The van der Waals surface area contributed by atoms with Crippen LogP contribution in [0, 0.1) is 11.7 Å². The molecule has 8 heteroatoms. The summed E-state index contributed by atoms with van der Waals surface area (Å²) in [5.74, 6) is -1.05. The fourth-order valence-electron chi connectivity index (χ4n) is 2.59. The van der Waals surface area contributed by atoms with E-state index in [1.165, 1.54) is 56.7 Å². The highest BCUT2D eigenvalue weighted by Crippen LogP contribution is 2.25. The molecule has 0 aromatic heterocycles. The van der Waals surface area contributed by atoms with Crippen molar-refractivity contribution in [3.63, 3.8) is 0 Å². The predicted molar refractivity (Wildman–Crippen MR) is 100 cm³/mol. The third kappa shape index (κ3) is 5.51. The van der Waals surface area contributed by atoms with Gasteiger partial charge in [-0.05, 0) is 48.4 Å². The number of nitrogens with one attached hydrogen (secondary N) is 1. The molecule has 0 bridgehead atoms. The molecular formula is C19H22FNO5S. The van der Waals surface area contributed by atoms with Gasteiger partial charge in [-0.2, -0.15) is 0 Å². The van der Waals surface area contributed by atoms with E-state index in [1.807, 2.05) is 0 Å². The quantitative estimate of drug-likeness (QED) is 0.743. The van der Waals surface area contributed by atoms with Crippen LogP contribution < -0.4 is 10.1 Å². The zero-order valence-corrected chi connectivity index (χ0v) is 16.2. The molecule has 0 radical (unpaired) electrons. The van der Waals surface area contributed by atoms with Crippen LogP contribution in [0.4, 0.5) is 10.1 Å². The highest BCUT2D eigenvalue weighted by Gasteiger charge is 2.22. The third-order valence-electron chi connectivity index (χ3n) is 3.83. The van der Waals surface area contributed by atoms with E-state index in [1.54, 1.807) is 6.92 Å². The van der Waals surface area contributed by atoms with Gasteiger partial charge in [-0.25, -0.2) is 12.8 Å². The third-order valence-corrected chi connectivity index (χ3v) is 5.81. The topological polar surface area (TPSA) is 81.7 Å². The molecule has 2 aromatic rings. The minimum absolute atomic E-state index is 0.0236. The minimum atomic E-state index is -3.61. The molecule has 6 nitrogen and oxygen atoms in total. The molecule has 0 aliphatic carbocycles. The van der Waals surface area contributed by atoms with Gasteiger partial charge >= 0.3 is 0 Å². The number of amides is 1. The number of sulfone groups is 1. The maximum atomic E-state index is 13.0. The fraction of sp³-hybridized carbons (Fsp3) is 0.316. The summed E-state index contributed by atoms with van der Waals surface area (Å²) in [6, 6.07) is 9.37. The van der Waals surface area contributed by atoms with E-state index in [0.29, 0.717) is 12.3 Å². The van der Waals surface area contributed by atoms with Gasteiger partial charge in [0.1, 0.15) is 11.6 Å². The van der Waals surface area contributed by atoms with Crippen LogP contribution >= 0.6 is 0 Å². The summed E-state index contributed by atoms with van der Waals surface area (Å²) in [4.78, 5) is 12.6. The van der Waals surface area contributed by atoms with Gasteiger partial charge in [-0.3, -0.25) is 4.79 Å². The first-order valence-electron chi connectivity index (χ1n) is 8.23. The van der Waals surface area contributed by atoms with Crippen molar-refractivity contribution in [2.24, 2.45) is 5.92 Å². The van der Waals surface area contributed by atoms with Gasteiger partial charge in [-0.1, -0.05) is 6.92 Å². The van der Waals surface area contributed by atoms with Crippen molar-refractivity contribution in [1.82, 2.24) is 0 Å². The van der Waals surface area contributed by atoms with Crippen LogP contribution in [-0.2, 0) is 14.6 Å². The summed E-state index contributed by atoms with van der Waals surface area (Å²) in [6.07, 6.45) is 0. The maximum absolute atomic E-state index is 13.0. The van der Waals surface area contributed by atoms with Crippen molar-refractivity contribution in [2.75, 3.05) is 31.9 Å². The largest absolute Gasteiger partial charge is 0.496 e. The Balaban J connectivity index is 2.31. The van der Waals surface area contributed by atoms with Crippen molar-refractivity contribution in [3.05, 3.63) is 53.8 Å². The molecule has 0 unspecified atom stereocenters. The van der Waals surface area contributed by atoms with Crippen LogP contribution in [0.2, 0.25) is 0 Å². The second-order valence-electron chi connectivity index (χ2n) is 6.17. The Bertz CT molecular complexity index is 897. The van der Waals surface area contributed by atoms with Crippen LogP contribution in [-0.4, -0.2) is 40.9 Å². The molecule has 27 heavy (non-hydrogen) atoms. The number of methoxy groups -OCH3 is 2. The number of hydrogen-bond donors (Lipinski definition) is 1. The van der Waals surface area contributed by atoms with Gasteiger partial charge in [0.15, 0.2) is 9.84 Å². The summed E-state index contributed by atoms with van der Waals surface area (Å²) in [7, 11) is -0.710. The van der Waals surface area contributed by atoms with Crippen LogP contribution in [0.15, 0.2) is 47.4 Å². The fourth-order valence-corrected chi connectivity index (χ4v) is 4.20. The van der Waals surface area contributed by atoms with Gasteiger partial charge < -0.3 is 14.8 Å². The van der Waals surface area contributed by atoms with Crippen LogP contribution in [0.25, 0.3) is 0 Å². The van der Waals surface area contributed by atoms with Crippen LogP contribution in [0.1, 0.15) is 17.3 Å². The molecule has 146 valence electrons. The van der Waals surface area contributed by atoms with Gasteiger partial charge in [0.2, 0.25) is 0 Å². The van der Waals surface area contributed by atoms with Gasteiger partial charge in [0.05, 0.1) is 23.3 Å². The van der Waals surface area contributed by atoms with Gasteiger partial charge in [-0.15, -0.1) is 0 Å². The molecule has 0 saturated heterocycles. The monoisotopic (exact) mass is 395 g/mol. The van der Waals surface area contributed by atoms with E-state index in [-0.39, 0.29) is 27.9 Å². The minimum Gasteiger partial charge on any atom is -0.496 e. The number of ether oxygens (including phenoxy) is 2. The lowest BCUT2D eigenvalue weighted by molar-refractivity contribution is 0.102. The summed E-state index contributed by atoms with van der Waals surface area (Å²) < 4.78 is 48.4. The van der Waals surface area contributed by atoms with E-state index in [2.05, 4.69) is 5.32 Å². The first-order chi connectivity index (χ1) is 12.8. The molecule has 2 rings (SSSR count). The Morgan fingerprint density at radius 3 is 2.41 bits per heavy atom. The molecule has 0 aliphatic heterocycles. The van der Waals surface area contributed by atoms with Crippen LogP contribution in [0.5, 0.6) is 5.75 Å². The van der Waals surface area contributed by atoms with Crippen molar-refractivity contribution in [1.29, 1.82) is 0 Å². The van der Waals surface area contributed by atoms with Crippen molar-refractivity contribution < 1.29 is 27.1 Å². The molecule has 0 aliphatic rings. The number of anilines is 1. The van der Waals surface area contributed by atoms with Crippen molar-refractivity contribution in [2.45, 2.75) is 11.8 Å². The summed E-state index contributed by atoms with van der Waals surface area (Å²) >= 11 is 0. The number of rotatable bonds is 8. The molecule has 0 saturated carbocycles. The highest BCUT2D eigenvalue weighted by atomic mass is 32.2. The summed E-state index contributed by atoms with van der Waals surface area (Å²) in [5, 5.41) is 2.60. The molecule has 2 aromatic carbocycles. The first kappa shape index (κ1) is 20.9. The normalized spacial score (nSPS) is 12.4. The molecule has 0 heterocycles. The summed E-state index contributed by atoms with van der Waals surface area (Å²) in [6.45, 7) is 2.08. The zero-order chi connectivity index (χ0) is 20.0. The smallest absolute Gasteiger partial charge is 0.259 e. The van der Waals surface area contributed by atoms with E-state index in [4.69, 9.17) is 9.47 Å². The van der Waals surface area contributed by atoms with E-state index >= 15 is 0 Å². The average molecular weight is 395 g/mol. The number of carbonyl (C=O) groups excluding carboxylic acids is 1. The maximum Gasteiger partial charge on any atom is 0.259 e.